The molecule has 0 amide bonds. The van der Waals surface area contributed by atoms with E-state index in [0.717, 1.165) is 0 Å². The SMILES string of the molecule is [C-]#[O+].[C-]#[O+].[C-]#[O+].[C-]#[O+].[C-]#[O+].[Cr]=[C](CCCSc1ccccc1)N1CCCC1. The third kappa shape index (κ3) is 20.8. The predicted molar refractivity (Wildman–Crippen MR) is 91.9 cm³/mol. The normalized spacial score (nSPS) is 10.6. The van der Waals surface area contributed by atoms with Crippen molar-refractivity contribution >= 4 is 16.3 Å². The molecule has 2 rings (SSSR count). The van der Waals surface area contributed by atoms with Crippen molar-refractivity contribution in [2.45, 2.75) is 30.6 Å². The van der Waals surface area contributed by atoms with Crippen molar-refractivity contribution in [1.29, 1.82) is 0 Å². The molecule has 0 radical (unpaired) electrons. The molecule has 1 fully saturated rings. The Morgan fingerprint density at radius 1 is 0.852 bits per heavy atom. The molecule has 0 aliphatic carbocycles. The van der Waals surface area contributed by atoms with Gasteiger partial charge >= 0.3 is 173 Å². The second-order valence-corrected chi connectivity index (χ2v) is 6.26. The van der Waals surface area contributed by atoms with Crippen molar-refractivity contribution in [3.63, 3.8) is 0 Å². The Kier molecular flexibility index (Phi) is 39.8. The summed E-state index contributed by atoms with van der Waals surface area (Å²) in [6, 6.07) is 10.7. The van der Waals surface area contributed by atoms with Crippen molar-refractivity contribution < 1.29 is 39.1 Å². The molecule has 0 atom stereocenters. The average Bonchev–Trinajstić information content (AvgIpc) is 3.34. The summed E-state index contributed by atoms with van der Waals surface area (Å²) in [4.78, 5) is 3.89. The monoisotopic (exact) mass is 425 g/mol. The van der Waals surface area contributed by atoms with E-state index in [1.54, 1.807) is 0 Å². The van der Waals surface area contributed by atoms with Crippen LogP contribution in [0.15, 0.2) is 35.2 Å². The molecule has 0 aromatic heterocycles. The molecule has 0 unspecified atom stereocenters. The van der Waals surface area contributed by atoms with Crippen LogP contribution in [0.5, 0.6) is 0 Å². The minimum absolute atomic E-state index is 1.21. The first kappa shape index (κ1) is 33.2. The number of nitrogens with zero attached hydrogens (tertiary/aromatic N) is 1. The molecule has 0 bridgehead atoms. The number of hydrogen-bond donors (Lipinski definition) is 0. The molecular formula is C19H19CrNO5S. The van der Waals surface area contributed by atoms with Crippen LogP contribution in [-0.2, 0) is 39.1 Å². The van der Waals surface area contributed by atoms with E-state index < -0.39 is 0 Å². The van der Waals surface area contributed by atoms with Crippen LogP contribution >= 0.6 is 11.8 Å². The Hall–Kier alpha value is -1.37. The molecule has 1 aliphatic heterocycles. The van der Waals surface area contributed by atoms with Crippen LogP contribution in [0.4, 0.5) is 0 Å². The Morgan fingerprint density at radius 2 is 1.30 bits per heavy atom. The molecule has 1 saturated heterocycles. The summed E-state index contributed by atoms with van der Waals surface area (Å²) >= 11 is 5.21. The van der Waals surface area contributed by atoms with Gasteiger partial charge in [-0.2, -0.15) is 0 Å². The maximum atomic E-state index is 7.50. The zero-order valence-corrected chi connectivity index (χ0v) is 16.7. The first-order valence-corrected chi connectivity index (χ1v) is 8.96. The molecule has 1 aromatic carbocycles. The summed E-state index contributed by atoms with van der Waals surface area (Å²) in [5.41, 5.74) is 0. The van der Waals surface area contributed by atoms with E-state index in [-0.39, 0.29) is 0 Å². The summed E-state index contributed by atoms with van der Waals surface area (Å²) in [6.45, 7) is 25.0. The molecule has 1 heterocycles. The molecule has 27 heavy (non-hydrogen) atoms. The average molecular weight is 425 g/mol. The Balaban J connectivity index is -0.000000230. The molecule has 142 valence electrons. The van der Waals surface area contributed by atoms with Gasteiger partial charge in [0.1, 0.15) is 0 Å². The van der Waals surface area contributed by atoms with E-state index in [4.69, 9.17) is 23.3 Å². The number of hydrogen-bond acceptors (Lipinski definition) is 2. The van der Waals surface area contributed by atoms with Gasteiger partial charge in [0.05, 0.1) is 0 Å². The first-order valence-electron chi connectivity index (χ1n) is 7.34. The van der Waals surface area contributed by atoms with Crippen LogP contribution in [-0.4, -0.2) is 28.2 Å². The number of rotatable bonds is 6. The third-order valence-electron chi connectivity index (χ3n) is 3.01. The van der Waals surface area contributed by atoms with Gasteiger partial charge in [-0.05, 0) is 0 Å². The van der Waals surface area contributed by atoms with Gasteiger partial charge < -0.3 is 0 Å². The molecule has 1 aromatic rings. The third-order valence-corrected chi connectivity index (χ3v) is 4.83. The minimum atomic E-state index is 1.21. The van der Waals surface area contributed by atoms with E-state index in [2.05, 4.69) is 84.3 Å². The molecule has 8 heteroatoms. The van der Waals surface area contributed by atoms with Crippen LogP contribution < -0.4 is 0 Å². The van der Waals surface area contributed by atoms with Gasteiger partial charge in [-0.3, -0.25) is 0 Å². The van der Waals surface area contributed by atoms with Crippen molar-refractivity contribution in [1.82, 2.24) is 4.90 Å². The Bertz CT molecular complexity index is 514. The number of benzene rings is 1. The van der Waals surface area contributed by atoms with Crippen molar-refractivity contribution in [2.75, 3.05) is 18.8 Å². The summed E-state index contributed by atoms with van der Waals surface area (Å²) in [7, 11) is 0. The maximum absolute atomic E-state index is 7.50. The van der Waals surface area contributed by atoms with Crippen LogP contribution in [0.1, 0.15) is 25.7 Å². The van der Waals surface area contributed by atoms with Crippen LogP contribution in [0.3, 0.4) is 0 Å². The van der Waals surface area contributed by atoms with Gasteiger partial charge in [0.15, 0.2) is 0 Å². The van der Waals surface area contributed by atoms with Crippen LogP contribution in [0, 0.1) is 33.3 Å². The van der Waals surface area contributed by atoms with Gasteiger partial charge in [-0.25, -0.2) is 0 Å². The fraction of sp³-hybridized carbons (Fsp3) is 0.368. The fourth-order valence-electron chi connectivity index (χ4n) is 2.05. The zero-order chi connectivity index (χ0) is 21.9. The molecule has 0 saturated carbocycles. The molecule has 0 N–H and O–H groups in total. The summed E-state index contributed by atoms with van der Waals surface area (Å²) in [5, 5.41) is 0. The standard InChI is InChI=1S/C14H19NS.5CO.Cr/c1-2-8-14(9-3-1)16-13-7-6-12-15-10-4-5-11-15;5*1-2;/h1-3,8-9H,4-7,10-11,13H2;;;;;;. The number of thioether (sulfide) groups is 1. The molecule has 1 aliphatic rings. The van der Waals surface area contributed by atoms with Gasteiger partial charge in [0.25, 0.3) is 0 Å². The molecule has 0 spiro atoms. The summed E-state index contributed by atoms with van der Waals surface area (Å²) < 4.78 is 39.0. The van der Waals surface area contributed by atoms with E-state index in [1.807, 2.05) is 11.8 Å². The Labute approximate surface area is 173 Å². The topological polar surface area (TPSA) is 103 Å². The van der Waals surface area contributed by atoms with Crippen molar-refractivity contribution in [3.05, 3.63) is 63.6 Å². The first-order chi connectivity index (χ1) is 13.4. The van der Waals surface area contributed by atoms with Gasteiger partial charge in [-0.1, -0.05) is 0 Å². The van der Waals surface area contributed by atoms with E-state index in [1.165, 1.54) is 53.9 Å². The van der Waals surface area contributed by atoms with Crippen molar-refractivity contribution in [2.24, 2.45) is 0 Å². The summed E-state index contributed by atoms with van der Waals surface area (Å²) in [6.07, 6.45) is 5.20. The quantitative estimate of drug-likeness (QED) is 0.302. The van der Waals surface area contributed by atoms with Gasteiger partial charge in [-0.15, -0.1) is 0 Å². The van der Waals surface area contributed by atoms with Crippen LogP contribution in [0.25, 0.3) is 0 Å². The van der Waals surface area contributed by atoms with Gasteiger partial charge in [0.2, 0.25) is 0 Å². The van der Waals surface area contributed by atoms with E-state index in [9.17, 15) is 0 Å². The summed E-state index contributed by atoms with van der Waals surface area (Å²) in [5.74, 6) is 1.21. The molecule has 6 nitrogen and oxygen atoms in total. The fourth-order valence-corrected chi connectivity index (χ4v) is 3.44. The van der Waals surface area contributed by atoms with Crippen LogP contribution in [0.2, 0.25) is 0 Å². The Morgan fingerprint density at radius 3 is 1.74 bits per heavy atom. The number of likely N-dealkylation sites (tertiary alicyclic amines) is 1. The second kappa shape index (κ2) is 32.3. The second-order valence-electron chi connectivity index (χ2n) is 4.35. The molecular weight excluding hydrogens is 406 g/mol. The zero-order valence-electron chi connectivity index (χ0n) is 14.6. The van der Waals surface area contributed by atoms with Gasteiger partial charge in [0, 0.05) is 0 Å². The van der Waals surface area contributed by atoms with Crippen molar-refractivity contribution in [3.8, 4) is 0 Å². The van der Waals surface area contributed by atoms with E-state index in [0.29, 0.717) is 0 Å². The predicted octanol–water partition coefficient (Wildman–Crippen LogP) is 3.14. The van der Waals surface area contributed by atoms with E-state index >= 15 is 0 Å².